The zero-order valence-corrected chi connectivity index (χ0v) is 12.5. The van der Waals surface area contributed by atoms with Crippen LogP contribution in [0.4, 0.5) is 0 Å². The number of carbonyl (C=O) groups excluding carboxylic acids is 1. The number of aromatic nitrogens is 3. The molecule has 0 spiro atoms. The number of carbonyl (C=O) groups is 1. The fourth-order valence-corrected chi connectivity index (χ4v) is 2.62. The number of piperazine rings is 1. The third-order valence-corrected chi connectivity index (χ3v) is 3.93. The molecule has 0 bridgehead atoms. The van der Waals surface area contributed by atoms with E-state index >= 15 is 0 Å². The van der Waals surface area contributed by atoms with Gasteiger partial charge in [0.05, 0.1) is 0 Å². The molecule has 0 aromatic carbocycles. The summed E-state index contributed by atoms with van der Waals surface area (Å²) >= 11 is 0. The van der Waals surface area contributed by atoms with Gasteiger partial charge in [0.2, 0.25) is 5.89 Å². The first-order valence-corrected chi connectivity index (χ1v) is 6.97. The van der Waals surface area contributed by atoms with Gasteiger partial charge in [-0.2, -0.15) is 4.98 Å². The fourth-order valence-electron chi connectivity index (χ4n) is 2.62. The molecule has 7 heteroatoms. The molecule has 1 saturated heterocycles. The maximum atomic E-state index is 12.6. The van der Waals surface area contributed by atoms with Crippen molar-refractivity contribution < 1.29 is 9.32 Å². The molecule has 2 aromatic heterocycles. The number of rotatable bonds is 2. The molecular weight excluding hydrogens is 270 g/mol. The van der Waals surface area contributed by atoms with Crippen molar-refractivity contribution >= 4 is 5.91 Å². The Balaban J connectivity index is 1.80. The highest BCUT2D eigenvalue weighted by molar-refractivity contribution is 5.92. The molecule has 21 heavy (non-hydrogen) atoms. The van der Waals surface area contributed by atoms with Crippen molar-refractivity contribution in [1.82, 2.24) is 24.5 Å². The maximum absolute atomic E-state index is 12.6. The summed E-state index contributed by atoms with van der Waals surface area (Å²) in [6.07, 6.45) is 1.88. The van der Waals surface area contributed by atoms with Crippen LogP contribution in [0.3, 0.4) is 0 Å². The SMILES string of the molecule is Cc1noc([C@@H]2CN(C(=O)c3cccn3C)CCN2C)n1. The molecule has 0 radical (unpaired) electrons. The first kappa shape index (κ1) is 13.8. The molecule has 1 aliphatic rings. The van der Waals surface area contributed by atoms with Crippen molar-refractivity contribution in [2.75, 3.05) is 26.7 Å². The maximum Gasteiger partial charge on any atom is 0.270 e. The van der Waals surface area contributed by atoms with Gasteiger partial charge >= 0.3 is 0 Å². The minimum atomic E-state index is -0.0517. The molecule has 2 aromatic rings. The molecule has 0 N–H and O–H groups in total. The Morgan fingerprint density at radius 3 is 2.81 bits per heavy atom. The third kappa shape index (κ3) is 2.56. The van der Waals surface area contributed by atoms with Crippen LogP contribution < -0.4 is 0 Å². The zero-order valence-electron chi connectivity index (χ0n) is 12.5. The predicted molar refractivity (Wildman–Crippen MR) is 75.7 cm³/mol. The van der Waals surface area contributed by atoms with Crippen LogP contribution in [0.25, 0.3) is 0 Å². The van der Waals surface area contributed by atoms with Crippen LogP contribution in [0.1, 0.15) is 28.2 Å². The molecule has 0 unspecified atom stereocenters. The van der Waals surface area contributed by atoms with E-state index in [4.69, 9.17) is 4.52 Å². The lowest BCUT2D eigenvalue weighted by atomic mass is 10.1. The third-order valence-electron chi connectivity index (χ3n) is 3.93. The number of aryl methyl sites for hydroxylation is 2. The summed E-state index contributed by atoms with van der Waals surface area (Å²) < 4.78 is 7.11. The average molecular weight is 289 g/mol. The molecule has 3 rings (SSSR count). The van der Waals surface area contributed by atoms with Gasteiger partial charge in [0.1, 0.15) is 11.7 Å². The average Bonchev–Trinajstić information content (AvgIpc) is 3.07. The van der Waals surface area contributed by atoms with Crippen LogP contribution in [0, 0.1) is 6.92 Å². The second-order valence-corrected chi connectivity index (χ2v) is 5.43. The summed E-state index contributed by atoms with van der Waals surface area (Å²) in [5.74, 6) is 1.22. The highest BCUT2D eigenvalue weighted by atomic mass is 16.5. The first-order valence-electron chi connectivity index (χ1n) is 6.97. The van der Waals surface area contributed by atoms with E-state index in [1.807, 2.05) is 41.9 Å². The zero-order chi connectivity index (χ0) is 15.0. The molecule has 1 amide bonds. The summed E-state index contributed by atoms with van der Waals surface area (Å²) in [5.41, 5.74) is 0.694. The molecule has 1 atom stereocenters. The van der Waals surface area contributed by atoms with Gasteiger partial charge in [-0.1, -0.05) is 5.16 Å². The molecular formula is C14H19N5O2. The van der Waals surface area contributed by atoms with Gasteiger partial charge in [0.15, 0.2) is 5.82 Å². The molecule has 0 aliphatic carbocycles. The van der Waals surface area contributed by atoms with Crippen LogP contribution in [0.2, 0.25) is 0 Å². The van der Waals surface area contributed by atoms with Crippen molar-refractivity contribution in [2.24, 2.45) is 7.05 Å². The van der Waals surface area contributed by atoms with E-state index < -0.39 is 0 Å². The predicted octanol–water partition coefficient (Wildman–Crippen LogP) is 0.845. The standard InChI is InChI=1S/C14H19N5O2/c1-10-15-13(21-16-10)12-9-19(8-7-18(12)3)14(20)11-5-4-6-17(11)2/h4-6,12H,7-9H2,1-3H3/t12-/m0/s1. The van der Waals surface area contributed by atoms with Gasteiger partial charge in [-0.15, -0.1) is 0 Å². The van der Waals surface area contributed by atoms with E-state index in [1.54, 1.807) is 6.92 Å². The van der Waals surface area contributed by atoms with Gasteiger partial charge in [-0.3, -0.25) is 9.69 Å². The van der Waals surface area contributed by atoms with Crippen molar-refractivity contribution in [3.05, 3.63) is 35.7 Å². The Labute approximate surface area is 123 Å². The summed E-state index contributed by atoms with van der Waals surface area (Å²) in [6, 6.07) is 3.67. The molecule has 0 saturated carbocycles. The smallest absolute Gasteiger partial charge is 0.270 e. The minimum absolute atomic E-state index is 0.0387. The Morgan fingerprint density at radius 1 is 1.38 bits per heavy atom. The molecule has 112 valence electrons. The number of amides is 1. The quantitative estimate of drug-likeness (QED) is 0.820. The number of hydrogen-bond donors (Lipinski definition) is 0. The molecule has 7 nitrogen and oxygen atoms in total. The van der Waals surface area contributed by atoms with E-state index in [0.717, 1.165) is 6.54 Å². The summed E-state index contributed by atoms with van der Waals surface area (Å²) in [6.45, 7) is 3.83. The van der Waals surface area contributed by atoms with Crippen LogP contribution in [0.5, 0.6) is 0 Å². The second kappa shape index (κ2) is 5.33. The van der Waals surface area contributed by atoms with Crippen molar-refractivity contribution in [1.29, 1.82) is 0 Å². The van der Waals surface area contributed by atoms with Gasteiger partial charge in [0.25, 0.3) is 5.91 Å². The fraction of sp³-hybridized carbons (Fsp3) is 0.500. The Hall–Kier alpha value is -2.15. The van der Waals surface area contributed by atoms with Gasteiger partial charge in [-0.05, 0) is 26.1 Å². The summed E-state index contributed by atoms with van der Waals surface area (Å²) in [5, 5.41) is 3.84. The van der Waals surface area contributed by atoms with Crippen molar-refractivity contribution in [3.8, 4) is 0 Å². The van der Waals surface area contributed by atoms with E-state index in [9.17, 15) is 4.79 Å². The normalized spacial score (nSPS) is 20.0. The monoisotopic (exact) mass is 289 g/mol. The van der Waals surface area contributed by atoms with Crippen molar-refractivity contribution in [3.63, 3.8) is 0 Å². The lowest BCUT2D eigenvalue weighted by Crippen LogP contribution is -2.49. The molecule has 1 fully saturated rings. The Morgan fingerprint density at radius 2 is 2.19 bits per heavy atom. The molecule has 3 heterocycles. The number of nitrogens with zero attached hydrogens (tertiary/aromatic N) is 5. The topological polar surface area (TPSA) is 67.4 Å². The molecule has 1 aliphatic heterocycles. The lowest BCUT2D eigenvalue weighted by Gasteiger charge is -2.37. The van der Waals surface area contributed by atoms with Crippen molar-refractivity contribution in [2.45, 2.75) is 13.0 Å². The highest BCUT2D eigenvalue weighted by Crippen LogP contribution is 2.23. The number of likely N-dealkylation sites (N-methyl/N-ethyl adjacent to an activating group) is 1. The summed E-state index contributed by atoms with van der Waals surface area (Å²) in [4.78, 5) is 20.9. The highest BCUT2D eigenvalue weighted by Gasteiger charge is 2.32. The van der Waals surface area contributed by atoms with E-state index in [1.165, 1.54) is 0 Å². The number of hydrogen-bond acceptors (Lipinski definition) is 5. The van der Waals surface area contributed by atoms with Gasteiger partial charge < -0.3 is 14.0 Å². The van der Waals surface area contributed by atoms with E-state index in [0.29, 0.717) is 30.5 Å². The first-order chi connectivity index (χ1) is 10.1. The van der Waals surface area contributed by atoms with Gasteiger partial charge in [0, 0.05) is 32.9 Å². The Bertz CT molecular complexity index is 647. The summed E-state index contributed by atoms with van der Waals surface area (Å²) in [7, 11) is 3.89. The van der Waals surface area contributed by atoms with Crippen LogP contribution in [-0.4, -0.2) is 57.1 Å². The second-order valence-electron chi connectivity index (χ2n) is 5.43. The largest absolute Gasteiger partial charge is 0.347 e. The minimum Gasteiger partial charge on any atom is -0.347 e. The van der Waals surface area contributed by atoms with Gasteiger partial charge in [-0.25, -0.2) is 0 Å². The van der Waals surface area contributed by atoms with Crippen LogP contribution in [0.15, 0.2) is 22.9 Å². The van der Waals surface area contributed by atoms with E-state index in [-0.39, 0.29) is 11.9 Å². The Kier molecular flexibility index (Phi) is 3.50. The van der Waals surface area contributed by atoms with E-state index in [2.05, 4.69) is 15.0 Å². The van der Waals surface area contributed by atoms with Crippen LogP contribution >= 0.6 is 0 Å². The lowest BCUT2D eigenvalue weighted by molar-refractivity contribution is 0.0480. The van der Waals surface area contributed by atoms with Crippen LogP contribution in [-0.2, 0) is 7.05 Å².